The van der Waals surface area contributed by atoms with E-state index in [1.54, 1.807) is 12.1 Å². The topological polar surface area (TPSA) is 70.1 Å². The maximum Gasteiger partial charge on any atom is 0.490 e. The van der Waals surface area contributed by atoms with Crippen molar-refractivity contribution in [1.82, 2.24) is 9.80 Å². The number of rotatable bonds is 4. The van der Waals surface area contributed by atoms with Crippen LogP contribution in [0.4, 0.5) is 26.3 Å². The molecule has 38 heavy (non-hydrogen) atoms. The molecule has 206 valence electrons. The van der Waals surface area contributed by atoms with E-state index in [9.17, 15) is 31.1 Å². The van der Waals surface area contributed by atoms with Crippen LogP contribution in [0.15, 0.2) is 36.4 Å². The fourth-order valence-electron chi connectivity index (χ4n) is 4.71. The molecule has 3 fully saturated rings. The number of carbonyl (C=O) groups excluding carboxylic acids is 1. The van der Waals surface area contributed by atoms with Crippen molar-refractivity contribution in [2.45, 2.75) is 50.0 Å². The lowest BCUT2D eigenvalue weighted by atomic mass is 9.89. The van der Waals surface area contributed by atoms with Crippen LogP contribution in [0.1, 0.15) is 31.2 Å². The second-order valence-corrected chi connectivity index (χ2v) is 9.70. The van der Waals surface area contributed by atoms with E-state index in [-0.39, 0.29) is 41.4 Å². The van der Waals surface area contributed by atoms with Crippen molar-refractivity contribution in [3.05, 3.63) is 59.4 Å². The molecule has 2 saturated heterocycles. The SMILES string of the molecule is O=C(O)C(F)(F)F.O=C1COC2(CCN(Cc3c(F)cc(-c4ccccc4F)cc3F)CC2)CN1C1CC1. The molecule has 2 aromatic carbocycles. The summed E-state index contributed by atoms with van der Waals surface area (Å²) < 4.78 is 81.2. The summed E-state index contributed by atoms with van der Waals surface area (Å²) in [6.45, 7) is 2.17. The van der Waals surface area contributed by atoms with Gasteiger partial charge < -0.3 is 14.7 Å². The molecule has 1 aliphatic carbocycles. The molecule has 1 N–H and O–H groups in total. The summed E-state index contributed by atoms with van der Waals surface area (Å²) in [6, 6.07) is 8.72. The van der Waals surface area contributed by atoms with Gasteiger partial charge in [-0.15, -0.1) is 0 Å². The van der Waals surface area contributed by atoms with Crippen molar-refractivity contribution >= 4 is 11.9 Å². The van der Waals surface area contributed by atoms with E-state index < -0.39 is 29.6 Å². The van der Waals surface area contributed by atoms with Crippen molar-refractivity contribution < 1.29 is 45.8 Å². The lowest BCUT2D eigenvalue weighted by molar-refractivity contribution is -0.192. The van der Waals surface area contributed by atoms with E-state index in [0.29, 0.717) is 25.7 Å². The molecule has 1 spiro atoms. The number of halogens is 6. The Kier molecular flexibility index (Phi) is 8.03. The van der Waals surface area contributed by atoms with Gasteiger partial charge in [0, 0.05) is 36.8 Å². The normalized spacial score (nSPS) is 19.7. The van der Waals surface area contributed by atoms with Crippen LogP contribution in [0, 0.1) is 17.5 Å². The largest absolute Gasteiger partial charge is 0.490 e. The fourth-order valence-corrected chi connectivity index (χ4v) is 4.71. The molecule has 2 aliphatic heterocycles. The number of carboxylic acid groups (broad SMARTS) is 1. The maximum atomic E-state index is 14.8. The number of carbonyl (C=O) groups is 2. The summed E-state index contributed by atoms with van der Waals surface area (Å²) in [4.78, 5) is 25.0. The molecular formula is C26H26F6N2O4. The summed E-state index contributed by atoms with van der Waals surface area (Å²) in [5, 5.41) is 7.12. The summed E-state index contributed by atoms with van der Waals surface area (Å²) in [6.07, 6.45) is -1.51. The molecule has 5 rings (SSSR count). The average molecular weight is 544 g/mol. The van der Waals surface area contributed by atoms with Crippen molar-refractivity contribution in [3.8, 4) is 11.1 Å². The molecule has 0 bridgehead atoms. The highest BCUT2D eigenvalue weighted by atomic mass is 19.4. The van der Waals surface area contributed by atoms with Gasteiger partial charge in [-0.05, 0) is 49.4 Å². The first-order valence-electron chi connectivity index (χ1n) is 12.1. The molecule has 6 nitrogen and oxygen atoms in total. The average Bonchev–Trinajstić information content (AvgIpc) is 3.70. The summed E-state index contributed by atoms with van der Waals surface area (Å²) >= 11 is 0. The van der Waals surface area contributed by atoms with E-state index in [0.717, 1.165) is 25.7 Å². The smallest absolute Gasteiger partial charge is 0.475 e. The first kappa shape index (κ1) is 27.9. The molecule has 0 aromatic heterocycles. The van der Waals surface area contributed by atoms with Crippen LogP contribution in [0.25, 0.3) is 11.1 Å². The zero-order valence-corrected chi connectivity index (χ0v) is 20.2. The van der Waals surface area contributed by atoms with Crippen molar-refractivity contribution in [1.29, 1.82) is 0 Å². The van der Waals surface area contributed by atoms with Crippen molar-refractivity contribution in [2.75, 3.05) is 26.2 Å². The molecule has 0 atom stereocenters. The predicted octanol–water partition coefficient (Wildman–Crippen LogP) is 4.76. The first-order valence-corrected chi connectivity index (χ1v) is 12.1. The minimum Gasteiger partial charge on any atom is -0.475 e. The van der Waals surface area contributed by atoms with Crippen LogP contribution in [0.5, 0.6) is 0 Å². The van der Waals surface area contributed by atoms with Gasteiger partial charge in [-0.3, -0.25) is 9.69 Å². The third-order valence-corrected chi connectivity index (χ3v) is 6.99. The molecule has 2 aromatic rings. The number of aliphatic carboxylic acids is 1. The summed E-state index contributed by atoms with van der Waals surface area (Å²) in [5.41, 5.74) is 0.0138. The lowest BCUT2D eigenvalue weighted by Gasteiger charge is -2.47. The van der Waals surface area contributed by atoms with Gasteiger partial charge in [0.15, 0.2) is 0 Å². The molecular weight excluding hydrogens is 518 g/mol. The number of hydrogen-bond acceptors (Lipinski definition) is 4. The number of benzene rings is 2. The number of likely N-dealkylation sites (tertiary alicyclic amines) is 1. The van der Waals surface area contributed by atoms with Crippen LogP contribution in [-0.4, -0.2) is 70.8 Å². The van der Waals surface area contributed by atoms with Crippen LogP contribution < -0.4 is 0 Å². The number of alkyl halides is 3. The summed E-state index contributed by atoms with van der Waals surface area (Å²) in [7, 11) is 0. The zero-order valence-electron chi connectivity index (χ0n) is 20.2. The predicted molar refractivity (Wildman–Crippen MR) is 123 cm³/mol. The number of piperidine rings is 1. The van der Waals surface area contributed by atoms with Crippen LogP contribution >= 0.6 is 0 Å². The standard InChI is InChI=1S/C24H25F3N2O2.C2HF3O2/c25-20-4-2-1-3-18(20)16-11-21(26)19(22(27)12-16)13-28-9-7-24(8-10-28)15-29(17-5-6-17)23(30)14-31-24;3-2(4,5)1(6)7/h1-4,11-12,17H,5-10,13-15H2;(H,6,7). The van der Waals surface area contributed by atoms with Gasteiger partial charge >= 0.3 is 12.1 Å². The third kappa shape index (κ3) is 6.47. The highest BCUT2D eigenvalue weighted by molar-refractivity contribution is 5.79. The van der Waals surface area contributed by atoms with Crippen LogP contribution in [0.3, 0.4) is 0 Å². The Balaban J connectivity index is 0.000000426. The Morgan fingerprint density at radius 2 is 1.61 bits per heavy atom. The zero-order chi connectivity index (χ0) is 27.7. The van der Waals surface area contributed by atoms with E-state index in [2.05, 4.69) is 0 Å². The minimum absolute atomic E-state index is 0.00427. The highest BCUT2D eigenvalue weighted by Gasteiger charge is 2.46. The van der Waals surface area contributed by atoms with E-state index in [1.165, 1.54) is 24.3 Å². The Labute approximate surface area is 214 Å². The third-order valence-electron chi connectivity index (χ3n) is 6.99. The number of morpholine rings is 1. The fraction of sp³-hybridized carbons (Fsp3) is 0.462. The number of amides is 1. The monoisotopic (exact) mass is 544 g/mol. The number of ether oxygens (including phenoxy) is 1. The summed E-state index contributed by atoms with van der Waals surface area (Å²) in [5.74, 6) is -4.54. The van der Waals surface area contributed by atoms with Gasteiger partial charge in [0.05, 0.1) is 12.1 Å². The van der Waals surface area contributed by atoms with Gasteiger partial charge in [0.25, 0.3) is 0 Å². The van der Waals surface area contributed by atoms with Gasteiger partial charge in [-0.25, -0.2) is 18.0 Å². The molecule has 3 aliphatic rings. The lowest BCUT2D eigenvalue weighted by Crippen LogP contribution is -2.59. The number of carboxylic acids is 1. The van der Waals surface area contributed by atoms with Crippen LogP contribution in [0.2, 0.25) is 0 Å². The second kappa shape index (κ2) is 10.9. The Morgan fingerprint density at radius 1 is 1.03 bits per heavy atom. The van der Waals surface area contributed by atoms with E-state index in [1.807, 2.05) is 9.80 Å². The maximum absolute atomic E-state index is 14.8. The van der Waals surface area contributed by atoms with E-state index in [4.69, 9.17) is 14.6 Å². The van der Waals surface area contributed by atoms with Gasteiger partial charge in [-0.1, -0.05) is 18.2 Å². The Hall–Kier alpha value is -3.12. The molecule has 0 unspecified atom stereocenters. The highest BCUT2D eigenvalue weighted by Crippen LogP contribution is 2.37. The molecule has 1 amide bonds. The van der Waals surface area contributed by atoms with Crippen molar-refractivity contribution in [3.63, 3.8) is 0 Å². The Morgan fingerprint density at radius 3 is 2.13 bits per heavy atom. The molecule has 2 heterocycles. The van der Waals surface area contributed by atoms with Crippen LogP contribution in [-0.2, 0) is 20.9 Å². The number of hydrogen-bond donors (Lipinski definition) is 1. The van der Waals surface area contributed by atoms with Gasteiger partial charge in [0.1, 0.15) is 24.1 Å². The number of nitrogens with zero attached hydrogens (tertiary/aromatic N) is 2. The molecule has 0 radical (unpaired) electrons. The van der Waals surface area contributed by atoms with E-state index >= 15 is 0 Å². The quantitative estimate of drug-likeness (QED) is 0.563. The minimum atomic E-state index is -5.08. The second-order valence-electron chi connectivity index (χ2n) is 9.70. The van der Waals surface area contributed by atoms with Gasteiger partial charge in [0.2, 0.25) is 5.91 Å². The van der Waals surface area contributed by atoms with Gasteiger partial charge in [-0.2, -0.15) is 13.2 Å². The first-order chi connectivity index (χ1) is 17.9. The van der Waals surface area contributed by atoms with Crippen molar-refractivity contribution in [2.24, 2.45) is 0 Å². The molecule has 1 saturated carbocycles. The molecule has 12 heteroatoms. The Bertz CT molecular complexity index is 1170.